The molecule has 0 unspecified atom stereocenters. The van der Waals surface area contributed by atoms with Crippen LogP contribution in [-0.4, -0.2) is 29.3 Å². The number of rotatable bonds is 5. The number of nitrogens with zero attached hydrogens (tertiary/aromatic N) is 3. The summed E-state index contributed by atoms with van der Waals surface area (Å²) >= 11 is 11.8. The Labute approximate surface area is 189 Å². The van der Waals surface area contributed by atoms with Gasteiger partial charge in [0.25, 0.3) is 15.9 Å². The van der Waals surface area contributed by atoms with Crippen molar-refractivity contribution in [3.05, 3.63) is 69.2 Å². The smallest absolute Gasteiger partial charge is 0.266 e. The largest absolute Gasteiger partial charge is 0.416 e. The predicted octanol–water partition coefficient (Wildman–Crippen LogP) is 4.41. The summed E-state index contributed by atoms with van der Waals surface area (Å²) in [6.45, 7) is 1.61. The van der Waals surface area contributed by atoms with Gasteiger partial charge in [0.2, 0.25) is 0 Å². The number of carbonyl (C=O) groups is 1. The van der Waals surface area contributed by atoms with Crippen LogP contribution in [0, 0.1) is 5.82 Å². The second-order valence-corrected chi connectivity index (χ2v) is 8.79. The molecule has 0 bridgehead atoms. The van der Waals surface area contributed by atoms with E-state index in [2.05, 4.69) is 10.3 Å². The van der Waals surface area contributed by atoms with E-state index in [1.807, 2.05) is 0 Å². The second-order valence-electron chi connectivity index (χ2n) is 6.32. The van der Waals surface area contributed by atoms with Gasteiger partial charge in [-0.25, -0.2) is 22.2 Å². The topological polar surface area (TPSA) is 93.9 Å². The lowest BCUT2D eigenvalue weighted by Crippen LogP contribution is -2.32. The summed E-state index contributed by atoms with van der Waals surface area (Å²) in [6.07, 6.45) is -4.70. The number of hydrogen-bond acceptors (Lipinski definition) is 5. The average Bonchev–Trinajstić information content (AvgIpc) is 3.10. The van der Waals surface area contributed by atoms with E-state index in [9.17, 15) is 30.8 Å². The van der Waals surface area contributed by atoms with Crippen LogP contribution in [-0.2, 0) is 22.6 Å². The molecular weight excluding hydrogens is 499 g/mol. The lowest BCUT2D eigenvalue weighted by molar-refractivity contribution is -0.137. The Bertz CT molecular complexity index is 1310. The van der Waals surface area contributed by atoms with E-state index in [1.165, 1.54) is 6.07 Å². The maximum atomic E-state index is 13.3. The first-order valence-corrected chi connectivity index (χ1v) is 10.9. The molecule has 14 heteroatoms. The fourth-order valence-electron chi connectivity index (χ4n) is 2.75. The lowest BCUT2D eigenvalue weighted by Gasteiger charge is -2.12. The standard InChI is InChI=1S/C18H12Cl2F4N4O3S/c1-2-13-16(25-27-28(13)14-6-4-10(21)8-12(14)20)17(29)26-32(30,31)15-7-9(18(22,23)24)3-5-11(15)19/h3-8H,2H2,1H3,(H,26,29). The summed E-state index contributed by atoms with van der Waals surface area (Å²) < 4.78 is 80.1. The molecule has 0 aliphatic carbocycles. The van der Waals surface area contributed by atoms with Crippen LogP contribution in [0.2, 0.25) is 10.0 Å². The highest BCUT2D eigenvalue weighted by Crippen LogP contribution is 2.33. The molecule has 0 saturated heterocycles. The second kappa shape index (κ2) is 8.68. The van der Waals surface area contributed by atoms with Gasteiger partial charge in [-0.2, -0.15) is 13.2 Å². The third-order valence-corrected chi connectivity index (χ3v) is 6.34. The van der Waals surface area contributed by atoms with Gasteiger partial charge in [-0.15, -0.1) is 5.10 Å². The van der Waals surface area contributed by atoms with Crippen molar-refractivity contribution in [3.63, 3.8) is 0 Å². The molecule has 0 radical (unpaired) electrons. The Morgan fingerprint density at radius 1 is 1.12 bits per heavy atom. The van der Waals surface area contributed by atoms with Crippen molar-refractivity contribution in [3.8, 4) is 5.69 Å². The number of aromatic nitrogens is 3. The highest BCUT2D eigenvalue weighted by Gasteiger charge is 2.33. The quantitative estimate of drug-likeness (QED) is 0.513. The molecular formula is C18H12Cl2F4N4O3S. The first-order chi connectivity index (χ1) is 14.8. The highest BCUT2D eigenvalue weighted by atomic mass is 35.5. The number of sulfonamides is 1. The average molecular weight is 511 g/mol. The molecule has 0 aliphatic rings. The van der Waals surface area contributed by atoms with Crippen molar-refractivity contribution in [1.82, 2.24) is 19.7 Å². The van der Waals surface area contributed by atoms with E-state index in [1.54, 1.807) is 11.6 Å². The van der Waals surface area contributed by atoms with Gasteiger partial charge in [-0.3, -0.25) is 4.79 Å². The molecule has 1 heterocycles. The normalized spacial score (nSPS) is 12.1. The maximum absolute atomic E-state index is 13.3. The van der Waals surface area contributed by atoms with Crippen LogP contribution < -0.4 is 4.72 Å². The van der Waals surface area contributed by atoms with Gasteiger partial charge >= 0.3 is 6.18 Å². The van der Waals surface area contributed by atoms with E-state index in [4.69, 9.17) is 23.2 Å². The van der Waals surface area contributed by atoms with Gasteiger partial charge in [0.15, 0.2) is 5.69 Å². The van der Waals surface area contributed by atoms with Crippen molar-refractivity contribution < 1.29 is 30.8 Å². The summed E-state index contributed by atoms with van der Waals surface area (Å²) in [7, 11) is -4.80. The Morgan fingerprint density at radius 3 is 2.41 bits per heavy atom. The van der Waals surface area contributed by atoms with E-state index in [0.29, 0.717) is 12.1 Å². The van der Waals surface area contributed by atoms with Crippen molar-refractivity contribution in [2.45, 2.75) is 24.4 Å². The zero-order valence-corrected chi connectivity index (χ0v) is 18.2. The first-order valence-electron chi connectivity index (χ1n) is 8.69. The molecule has 2 aromatic carbocycles. The molecule has 0 saturated carbocycles. The van der Waals surface area contributed by atoms with Crippen LogP contribution in [0.5, 0.6) is 0 Å². The van der Waals surface area contributed by atoms with Gasteiger partial charge in [0.05, 0.1) is 27.0 Å². The van der Waals surface area contributed by atoms with Crippen molar-refractivity contribution in [2.24, 2.45) is 0 Å². The molecule has 32 heavy (non-hydrogen) atoms. The molecule has 1 amide bonds. The summed E-state index contributed by atoms with van der Waals surface area (Å²) in [4.78, 5) is 11.7. The van der Waals surface area contributed by atoms with Crippen LogP contribution in [0.4, 0.5) is 17.6 Å². The third kappa shape index (κ3) is 4.71. The molecule has 3 rings (SSSR count). The van der Waals surface area contributed by atoms with Crippen LogP contribution in [0.25, 0.3) is 5.69 Å². The minimum atomic E-state index is -4.83. The van der Waals surface area contributed by atoms with Crippen LogP contribution in [0.1, 0.15) is 28.7 Å². The van der Waals surface area contributed by atoms with Gasteiger partial charge in [-0.1, -0.05) is 35.3 Å². The minimum absolute atomic E-state index is 0.0417. The molecule has 0 atom stereocenters. The summed E-state index contributed by atoms with van der Waals surface area (Å²) in [6, 6.07) is 5.07. The molecule has 1 N–H and O–H groups in total. The van der Waals surface area contributed by atoms with Gasteiger partial charge in [-0.05, 0) is 42.8 Å². The summed E-state index contributed by atoms with van der Waals surface area (Å²) in [5.74, 6) is -1.86. The Balaban J connectivity index is 1.98. The van der Waals surface area contributed by atoms with Crippen molar-refractivity contribution in [2.75, 3.05) is 0 Å². The van der Waals surface area contributed by atoms with E-state index in [0.717, 1.165) is 22.9 Å². The fourth-order valence-corrected chi connectivity index (χ4v) is 4.48. The lowest BCUT2D eigenvalue weighted by atomic mass is 10.2. The van der Waals surface area contributed by atoms with Crippen LogP contribution in [0.15, 0.2) is 41.3 Å². The first kappa shape index (κ1) is 24.0. The molecule has 0 aliphatic heterocycles. The number of amides is 1. The van der Waals surface area contributed by atoms with E-state index in [-0.39, 0.29) is 22.8 Å². The summed E-state index contributed by atoms with van der Waals surface area (Å²) in [5.41, 5.74) is -1.37. The molecule has 7 nitrogen and oxygen atoms in total. The predicted molar refractivity (Wildman–Crippen MR) is 107 cm³/mol. The molecule has 3 aromatic rings. The number of hydrogen-bond donors (Lipinski definition) is 1. The van der Waals surface area contributed by atoms with Gasteiger partial charge in [0, 0.05) is 0 Å². The monoisotopic (exact) mass is 510 g/mol. The molecule has 0 spiro atoms. The molecule has 0 fully saturated rings. The van der Waals surface area contributed by atoms with Crippen molar-refractivity contribution >= 4 is 39.1 Å². The number of alkyl halides is 3. The number of benzene rings is 2. The molecule has 1 aromatic heterocycles. The molecule has 170 valence electrons. The number of halogens is 6. The summed E-state index contributed by atoms with van der Waals surface area (Å²) in [5, 5.41) is 6.86. The Hall–Kier alpha value is -2.70. The minimum Gasteiger partial charge on any atom is -0.266 e. The van der Waals surface area contributed by atoms with Crippen LogP contribution >= 0.6 is 23.2 Å². The van der Waals surface area contributed by atoms with E-state index >= 15 is 0 Å². The zero-order chi connectivity index (χ0) is 23.8. The fraction of sp³-hybridized carbons (Fsp3) is 0.167. The maximum Gasteiger partial charge on any atom is 0.416 e. The SMILES string of the molecule is CCc1c(C(=O)NS(=O)(=O)c2cc(C(F)(F)F)ccc2Cl)nnn1-c1ccc(F)cc1Cl. The zero-order valence-electron chi connectivity index (χ0n) is 15.9. The highest BCUT2D eigenvalue weighted by molar-refractivity contribution is 7.90. The Kier molecular flexibility index (Phi) is 6.50. The van der Waals surface area contributed by atoms with Gasteiger partial charge in [0.1, 0.15) is 10.7 Å². The number of carbonyl (C=O) groups excluding carboxylic acids is 1. The van der Waals surface area contributed by atoms with Crippen LogP contribution in [0.3, 0.4) is 0 Å². The van der Waals surface area contributed by atoms with Crippen molar-refractivity contribution in [1.29, 1.82) is 0 Å². The Morgan fingerprint density at radius 2 is 1.81 bits per heavy atom. The third-order valence-electron chi connectivity index (χ3n) is 4.23. The van der Waals surface area contributed by atoms with Gasteiger partial charge < -0.3 is 0 Å². The number of nitrogens with one attached hydrogen (secondary N) is 1. The van der Waals surface area contributed by atoms with E-state index < -0.39 is 49.1 Å².